The zero-order valence-corrected chi connectivity index (χ0v) is 24.3. The molecule has 1 fully saturated rings. The molecular weight excluding hydrogens is 566 g/mol. The summed E-state index contributed by atoms with van der Waals surface area (Å²) in [5.74, 6) is -1.27. The molecule has 6 rings (SSSR count). The Morgan fingerprint density at radius 3 is 2.44 bits per heavy atom. The normalized spacial score (nSPS) is 14.1. The van der Waals surface area contributed by atoms with Gasteiger partial charge in [0.15, 0.2) is 6.61 Å². The number of carbonyl (C=O) groups excluding carboxylic acids is 2. The molecule has 0 aliphatic carbocycles. The van der Waals surface area contributed by atoms with Gasteiger partial charge in [0.25, 0.3) is 5.91 Å². The van der Waals surface area contributed by atoms with Crippen LogP contribution in [0.1, 0.15) is 15.9 Å². The molecule has 1 amide bonds. The Balaban J connectivity index is 1.22. The van der Waals surface area contributed by atoms with Crippen molar-refractivity contribution in [3.05, 3.63) is 102 Å². The molecule has 1 aliphatic heterocycles. The van der Waals surface area contributed by atoms with Crippen LogP contribution in [-0.2, 0) is 24.3 Å². The van der Waals surface area contributed by atoms with Gasteiger partial charge in [-0.2, -0.15) is 4.31 Å². The summed E-state index contributed by atoms with van der Waals surface area (Å²) in [7, 11) is -3.76. The van der Waals surface area contributed by atoms with Crippen LogP contribution < -0.4 is 5.32 Å². The predicted molar refractivity (Wildman–Crippen MR) is 164 cm³/mol. The number of hydrogen-bond donors (Lipinski definition) is 1. The number of benzene rings is 4. The van der Waals surface area contributed by atoms with Crippen LogP contribution in [-0.4, -0.2) is 62.5 Å². The van der Waals surface area contributed by atoms with E-state index in [0.29, 0.717) is 35.4 Å². The highest BCUT2D eigenvalue weighted by atomic mass is 32.2. The lowest BCUT2D eigenvalue weighted by atomic mass is 9.99. The van der Waals surface area contributed by atoms with Crippen LogP contribution in [0, 0.1) is 6.92 Å². The van der Waals surface area contributed by atoms with Gasteiger partial charge in [0, 0.05) is 29.7 Å². The number of sulfonamides is 1. The van der Waals surface area contributed by atoms with E-state index in [1.165, 1.54) is 10.4 Å². The number of anilines is 1. The Hall–Kier alpha value is -4.64. The van der Waals surface area contributed by atoms with Crippen molar-refractivity contribution in [3.63, 3.8) is 0 Å². The number of nitrogens with one attached hydrogen (secondary N) is 1. The van der Waals surface area contributed by atoms with E-state index in [1.807, 2.05) is 60.7 Å². The zero-order valence-electron chi connectivity index (χ0n) is 23.4. The maximum Gasteiger partial charge on any atom is 0.339 e. The number of rotatable bonds is 7. The van der Waals surface area contributed by atoms with E-state index in [9.17, 15) is 18.0 Å². The van der Waals surface area contributed by atoms with Gasteiger partial charge in [0.2, 0.25) is 10.0 Å². The lowest BCUT2D eigenvalue weighted by Crippen LogP contribution is -2.40. The number of morpholine rings is 1. The number of esters is 1. The van der Waals surface area contributed by atoms with Crippen LogP contribution in [0.25, 0.3) is 32.9 Å². The van der Waals surface area contributed by atoms with E-state index < -0.39 is 28.5 Å². The number of fused-ring (bicyclic) bond motifs is 2. The minimum atomic E-state index is -3.76. The Morgan fingerprint density at radius 1 is 0.907 bits per heavy atom. The number of para-hydroxylation sites is 1. The van der Waals surface area contributed by atoms with Crippen LogP contribution in [0.15, 0.2) is 95.9 Å². The molecule has 0 unspecified atom stereocenters. The average Bonchev–Trinajstić information content (AvgIpc) is 3.04. The quantitative estimate of drug-likeness (QED) is 0.258. The first kappa shape index (κ1) is 28.5. The average molecular weight is 596 g/mol. The number of amides is 1. The lowest BCUT2D eigenvalue weighted by Gasteiger charge is -2.26. The molecule has 1 aromatic heterocycles. The number of aromatic nitrogens is 1. The zero-order chi connectivity index (χ0) is 30.0. The highest BCUT2D eigenvalue weighted by Gasteiger charge is 2.28. The number of hydrogen-bond acceptors (Lipinski definition) is 7. The van der Waals surface area contributed by atoms with Crippen LogP contribution in [0.5, 0.6) is 0 Å². The molecule has 0 saturated carbocycles. The van der Waals surface area contributed by atoms with Gasteiger partial charge in [-0.25, -0.2) is 18.2 Å². The minimum absolute atomic E-state index is 0.105. The summed E-state index contributed by atoms with van der Waals surface area (Å²) in [6.07, 6.45) is 0. The highest BCUT2D eigenvalue weighted by Crippen LogP contribution is 2.31. The topological polar surface area (TPSA) is 115 Å². The number of aryl methyl sites for hydroxylation is 1. The molecule has 218 valence electrons. The number of nitrogens with zero attached hydrogens (tertiary/aromatic N) is 2. The van der Waals surface area contributed by atoms with E-state index in [-0.39, 0.29) is 29.2 Å². The van der Waals surface area contributed by atoms with Gasteiger partial charge < -0.3 is 14.8 Å². The molecule has 0 atom stereocenters. The molecule has 10 heteroatoms. The molecule has 4 aromatic carbocycles. The van der Waals surface area contributed by atoms with Gasteiger partial charge >= 0.3 is 5.97 Å². The summed E-state index contributed by atoms with van der Waals surface area (Å²) in [4.78, 5) is 31.1. The van der Waals surface area contributed by atoms with Crippen molar-refractivity contribution in [1.29, 1.82) is 0 Å². The first-order valence-corrected chi connectivity index (χ1v) is 15.3. The Morgan fingerprint density at radius 2 is 1.63 bits per heavy atom. The third-order valence-electron chi connectivity index (χ3n) is 7.40. The number of pyridine rings is 1. The first-order valence-electron chi connectivity index (χ1n) is 13.8. The molecule has 0 radical (unpaired) electrons. The van der Waals surface area contributed by atoms with Crippen LogP contribution in [0.4, 0.5) is 5.69 Å². The standard InChI is InChI=1S/C33H29N3O6S/c1-22-13-14-24(19-31(22)43(39,40)36-15-17-41-18-16-36)34-32(37)21-42-33(38)28-20-30(35-29-12-5-4-10-27(28)29)26-11-6-8-23-7-2-3-9-25(23)26/h2-14,19-20H,15-18,21H2,1H3,(H,34,37). The summed E-state index contributed by atoms with van der Waals surface area (Å²) in [6, 6.07) is 27.5. The minimum Gasteiger partial charge on any atom is -0.452 e. The van der Waals surface area contributed by atoms with E-state index in [4.69, 9.17) is 14.5 Å². The van der Waals surface area contributed by atoms with Crippen molar-refractivity contribution in [1.82, 2.24) is 9.29 Å². The van der Waals surface area contributed by atoms with E-state index >= 15 is 0 Å². The summed E-state index contributed by atoms with van der Waals surface area (Å²) in [6.45, 7) is 2.33. The van der Waals surface area contributed by atoms with Gasteiger partial charge in [0.1, 0.15) is 0 Å². The summed E-state index contributed by atoms with van der Waals surface area (Å²) >= 11 is 0. The maximum absolute atomic E-state index is 13.3. The predicted octanol–water partition coefficient (Wildman–Crippen LogP) is 5.18. The fraction of sp³-hybridized carbons (Fsp3) is 0.182. The summed E-state index contributed by atoms with van der Waals surface area (Å²) < 4.78 is 38.5. The van der Waals surface area contributed by atoms with Crippen molar-refractivity contribution < 1.29 is 27.5 Å². The highest BCUT2D eigenvalue weighted by molar-refractivity contribution is 7.89. The molecule has 1 saturated heterocycles. The van der Waals surface area contributed by atoms with Gasteiger partial charge in [-0.3, -0.25) is 4.79 Å². The van der Waals surface area contributed by atoms with E-state index in [0.717, 1.165) is 16.3 Å². The molecule has 43 heavy (non-hydrogen) atoms. The lowest BCUT2D eigenvalue weighted by molar-refractivity contribution is -0.119. The smallest absolute Gasteiger partial charge is 0.339 e. The molecule has 5 aromatic rings. The second-order valence-electron chi connectivity index (χ2n) is 10.2. The summed E-state index contributed by atoms with van der Waals surface area (Å²) in [5.41, 5.74) is 3.24. The molecule has 2 heterocycles. The summed E-state index contributed by atoms with van der Waals surface area (Å²) in [5, 5.41) is 5.30. The fourth-order valence-corrected chi connectivity index (χ4v) is 6.88. The van der Waals surface area contributed by atoms with Crippen molar-refractivity contribution >= 4 is 49.3 Å². The number of ether oxygens (including phenoxy) is 2. The molecule has 0 spiro atoms. The van der Waals surface area contributed by atoms with Gasteiger partial charge in [-0.1, -0.05) is 66.7 Å². The van der Waals surface area contributed by atoms with Crippen LogP contribution in [0.3, 0.4) is 0 Å². The van der Waals surface area contributed by atoms with Crippen molar-refractivity contribution in [2.45, 2.75) is 11.8 Å². The Labute approximate surface area is 249 Å². The van der Waals surface area contributed by atoms with Crippen molar-refractivity contribution in [3.8, 4) is 11.3 Å². The van der Waals surface area contributed by atoms with Crippen molar-refractivity contribution in [2.75, 3.05) is 38.2 Å². The van der Waals surface area contributed by atoms with Crippen LogP contribution >= 0.6 is 0 Å². The fourth-order valence-electron chi connectivity index (χ4n) is 5.22. The van der Waals surface area contributed by atoms with E-state index in [1.54, 1.807) is 31.2 Å². The largest absolute Gasteiger partial charge is 0.452 e. The molecule has 0 bridgehead atoms. The Kier molecular flexibility index (Phi) is 7.90. The second-order valence-corrected chi connectivity index (χ2v) is 12.1. The molecular formula is C33H29N3O6S. The van der Waals surface area contributed by atoms with Gasteiger partial charge in [-0.05, 0) is 47.5 Å². The first-order chi connectivity index (χ1) is 20.8. The van der Waals surface area contributed by atoms with Gasteiger partial charge in [-0.15, -0.1) is 0 Å². The monoisotopic (exact) mass is 595 g/mol. The second kappa shape index (κ2) is 11.9. The Bertz CT molecular complexity index is 1960. The number of carbonyl (C=O) groups is 2. The van der Waals surface area contributed by atoms with Crippen molar-refractivity contribution in [2.24, 2.45) is 0 Å². The third kappa shape index (κ3) is 5.85. The molecule has 1 aliphatic rings. The third-order valence-corrected chi connectivity index (χ3v) is 9.44. The van der Waals surface area contributed by atoms with Crippen LogP contribution in [0.2, 0.25) is 0 Å². The SMILES string of the molecule is Cc1ccc(NC(=O)COC(=O)c2cc(-c3cccc4ccccc34)nc3ccccc23)cc1S(=O)(=O)N1CCOCC1. The molecule has 9 nitrogen and oxygen atoms in total. The van der Waals surface area contributed by atoms with Gasteiger partial charge in [0.05, 0.1) is 34.9 Å². The molecule has 1 N–H and O–H groups in total. The maximum atomic E-state index is 13.3. The van der Waals surface area contributed by atoms with E-state index in [2.05, 4.69) is 5.32 Å².